The van der Waals surface area contributed by atoms with Gasteiger partial charge in [0, 0.05) is 17.6 Å². The zero-order valence-electron chi connectivity index (χ0n) is 13.4. The van der Waals surface area contributed by atoms with E-state index in [1.54, 1.807) is 0 Å². The first-order valence-corrected chi connectivity index (χ1v) is 7.92. The Morgan fingerprint density at radius 2 is 1.90 bits per heavy atom. The zero-order valence-corrected chi connectivity index (χ0v) is 13.4. The maximum Gasteiger partial charge on any atom is 0.105 e. The number of rotatable bonds is 4. The van der Waals surface area contributed by atoms with Crippen LogP contribution in [0.1, 0.15) is 59.9 Å². The summed E-state index contributed by atoms with van der Waals surface area (Å²) in [7, 11) is 0. The van der Waals surface area contributed by atoms with Crippen LogP contribution >= 0.6 is 0 Å². The van der Waals surface area contributed by atoms with Crippen molar-refractivity contribution in [1.29, 1.82) is 0 Å². The van der Waals surface area contributed by atoms with Gasteiger partial charge in [0.2, 0.25) is 0 Å². The third-order valence-electron chi connectivity index (χ3n) is 4.68. The van der Waals surface area contributed by atoms with Crippen LogP contribution in [0.4, 0.5) is 0 Å². The number of furan rings is 1. The standard InChI is InChI=1S/C19H25NO/c1-12-6-5-7-16(8-12)17-10-18(11-17)20-14(3)19-9-13(2)21-15(19)4/h5-9,14,17-18,20H,10-11H2,1-4H3. The molecule has 2 nitrogen and oxygen atoms in total. The van der Waals surface area contributed by atoms with Gasteiger partial charge in [0.05, 0.1) is 0 Å². The minimum atomic E-state index is 0.367. The van der Waals surface area contributed by atoms with Gasteiger partial charge in [-0.2, -0.15) is 0 Å². The van der Waals surface area contributed by atoms with E-state index in [2.05, 4.69) is 56.4 Å². The van der Waals surface area contributed by atoms with Crippen LogP contribution in [-0.2, 0) is 0 Å². The average Bonchev–Trinajstić information content (AvgIpc) is 2.72. The maximum atomic E-state index is 5.63. The van der Waals surface area contributed by atoms with Gasteiger partial charge in [-0.25, -0.2) is 0 Å². The van der Waals surface area contributed by atoms with E-state index >= 15 is 0 Å². The summed E-state index contributed by atoms with van der Waals surface area (Å²) in [6, 6.07) is 12.1. The lowest BCUT2D eigenvalue weighted by Gasteiger charge is -2.38. The molecule has 1 N–H and O–H groups in total. The van der Waals surface area contributed by atoms with Crippen molar-refractivity contribution in [2.24, 2.45) is 0 Å². The van der Waals surface area contributed by atoms with Gasteiger partial charge in [-0.15, -0.1) is 0 Å². The van der Waals surface area contributed by atoms with E-state index in [1.165, 1.54) is 29.5 Å². The lowest BCUT2D eigenvalue weighted by molar-refractivity contribution is 0.270. The Balaban J connectivity index is 1.56. The van der Waals surface area contributed by atoms with Gasteiger partial charge in [-0.05, 0) is 58.1 Å². The molecule has 112 valence electrons. The Morgan fingerprint density at radius 3 is 2.52 bits per heavy atom. The van der Waals surface area contributed by atoms with Gasteiger partial charge in [0.15, 0.2) is 0 Å². The van der Waals surface area contributed by atoms with Crippen LogP contribution in [0.3, 0.4) is 0 Å². The summed E-state index contributed by atoms with van der Waals surface area (Å²) in [4.78, 5) is 0. The van der Waals surface area contributed by atoms with Gasteiger partial charge in [-0.3, -0.25) is 0 Å². The largest absolute Gasteiger partial charge is 0.466 e. The molecule has 0 saturated heterocycles. The number of hydrogen-bond donors (Lipinski definition) is 1. The molecule has 1 fully saturated rings. The van der Waals surface area contributed by atoms with E-state index in [-0.39, 0.29) is 0 Å². The van der Waals surface area contributed by atoms with E-state index in [0.29, 0.717) is 12.1 Å². The first kappa shape index (κ1) is 14.4. The molecule has 0 aliphatic heterocycles. The molecule has 3 rings (SSSR count). The van der Waals surface area contributed by atoms with Crippen LogP contribution in [0.15, 0.2) is 34.7 Å². The molecule has 0 spiro atoms. The Kier molecular flexibility index (Phi) is 3.90. The normalized spacial score (nSPS) is 22.9. The van der Waals surface area contributed by atoms with Crippen molar-refractivity contribution < 1.29 is 4.42 Å². The summed E-state index contributed by atoms with van der Waals surface area (Å²) in [5.74, 6) is 2.77. The Bertz CT molecular complexity index is 622. The van der Waals surface area contributed by atoms with Crippen LogP contribution in [-0.4, -0.2) is 6.04 Å². The first-order valence-electron chi connectivity index (χ1n) is 7.92. The van der Waals surface area contributed by atoms with E-state index in [0.717, 1.165) is 17.4 Å². The minimum absolute atomic E-state index is 0.367. The predicted molar refractivity (Wildman–Crippen MR) is 86.7 cm³/mol. The molecule has 1 aliphatic rings. The Morgan fingerprint density at radius 1 is 1.14 bits per heavy atom. The fourth-order valence-corrected chi connectivity index (χ4v) is 3.47. The number of aryl methyl sites for hydroxylation is 3. The average molecular weight is 283 g/mol. The Labute approximate surface area is 127 Å². The van der Waals surface area contributed by atoms with Gasteiger partial charge < -0.3 is 9.73 Å². The highest BCUT2D eigenvalue weighted by Crippen LogP contribution is 2.38. The SMILES string of the molecule is Cc1cccc(C2CC(NC(C)c3cc(C)oc3C)C2)c1. The van der Waals surface area contributed by atoms with E-state index in [4.69, 9.17) is 4.42 Å². The second kappa shape index (κ2) is 5.69. The van der Waals surface area contributed by atoms with Crippen molar-refractivity contribution in [2.75, 3.05) is 0 Å². The fraction of sp³-hybridized carbons (Fsp3) is 0.474. The molecule has 0 radical (unpaired) electrons. The molecule has 0 amide bonds. The monoisotopic (exact) mass is 283 g/mol. The van der Waals surface area contributed by atoms with Gasteiger partial charge >= 0.3 is 0 Å². The summed E-state index contributed by atoms with van der Waals surface area (Å²) in [5, 5.41) is 3.74. The summed E-state index contributed by atoms with van der Waals surface area (Å²) < 4.78 is 5.63. The molecule has 1 saturated carbocycles. The van der Waals surface area contributed by atoms with Gasteiger partial charge in [0.25, 0.3) is 0 Å². The highest BCUT2D eigenvalue weighted by Gasteiger charge is 2.31. The molecule has 1 aliphatic carbocycles. The zero-order chi connectivity index (χ0) is 15.0. The molecule has 2 aromatic rings. The van der Waals surface area contributed by atoms with Crippen LogP contribution in [0.25, 0.3) is 0 Å². The molecule has 1 unspecified atom stereocenters. The highest BCUT2D eigenvalue weighted by molar-refractivity contribution is 5.28. The van der Waals surface area contributed by atoms with Crippen LogP contribution in [0.2, 0.25) is 0 Å². The lowest BCUT2D eigenvalue weighted by Crippen LogP contribution is -2.41. The minimum Gasteiger partial charge on any atom is -0.466 e. The highest BCUT2D eigenvalue weighted by atomic mass is 16.3. The number of nitrogens with one attached hydrogen (secondary N) is 1. The molecule has 2 heteroatoms. The van der Waals surface area contributed by atoms with Gasteiger partial charge in [-0.1, -0.05) is 29.8 Å². The molecule has 1 aromatic heterocycles. The second-order valence-electron chi connectivity index (χ2n) is 6.54. The van der Waals surface area contributed by atoms with E-state index < -0.39 is 0 Å². The molecule has 1 aromatic carbocycles. The summed E-state index contributed by atoms with van der Waals surface area (Å²) in [6.07, 6.45) is 2.48. The second-order valence-corrected chi connectivity index (χ2v) is 6.54. The van der Waals surface area contributed by atoms with Crippen molar-refractivity contribution in [3.8, 4) is 0 Å². The van der Waals surface area contributed by atoms with Crippen LogP contribution in [0.5, 0.6) is 0 Å². The molecule has 1 atom stereocenters. The quantitative estimate of drug-likeness (QED) is 0.871. The summed E-state index contributed by atoms with van der Waals surface area (Å²) in [6.45, 7) is 8.47. The van der Waals surface area contributed by atoms with Crippen LogP contribution < -0.4 is 5.32 Å². The number of benzene rings is 1. The van der Waals surface area contributed by atoms with Crippen molar-refractivity contribution >= 4 is 0 Å². The predicted octanol–water partition coefficient (Wildman–Crippen LogP) is 4.80. The number of hydrogen-bond acceptors (Lipinski definition) is 2. The van der Waals surface area contributed by atoms with E-state index in [1.807, 2.05) is 6.92 Å². The summed E-state index contributed by atoms with van der Waals surface area (Å²) >= 11 is 0. The third-order valence-corrected chi connectivity index (χ3v) is 4.68. The molecule has 1 heterocycles. The van der Waals surface area contributed by atoms with Crippen molar-refractivity contribution in [1.82, 2.24) is 5.32 Å². The van der Waals surface area contributed by atoms with Gasteiger partial charge in [0.1, 0.15) is 11.5 Å². The molecule has 0 bridgehead atoms. The van der Waals surface area contributed by atoms with Crippen molar-refractivity contribution in [3.63, 3.8) is 0 Å². The maximum absolute atomic E-state index is 5.63. The van der Waals surface area contributed by atoms with Crippen molar-refractivity contribution in [3.05, 3.63) is 58.5 Å². The molecular formula is C19H25NO. The summed E-state index contributed by atoms with van der Waals surface area (Å²) in [5.41, 5.74) is 4.16. The smallest absolute Gasteiger partial charge is 0.105 e. The topological polar surface area (TPSA) is 25.2 Å². The fourth-order valence-electron chi connectivity index (χ4n) is 3.47. The van der Waals surface area contributed by atoms with E-state index in [9.17, 15) is 0 Å². The van der Waals surface area contributed by atoms with Crippen LogP contribution in [0, 0.1) is 20.8 Å². The lowest BCUT2D eigenvalue weighted by atomic mass is 9.75. The molecule has 21 heavy (non-hydrogen) atoms. The molecular weight excluding hydrogens is 258 g/mol. The third kappa shape index (κ3) is 3.06. The Hall–Kier alpha value is -1.54. The van der Waals surface area contributed by atoms with Crippen molar-refractivity contribution in [2.45, 2.75) is 58.5 Å². The first-order chi connectivity index (χ1) is 10.0.